The third-order valence-corrected chi connectivity index (χ3v) is 4.33. The van der Waals surface area contributed by atoms with Crippen molar-refractivity contribution in [3.8, 4) is 11.3 Å². The zero-order chi connectivity index (χ0) is 19.8. The molecule has 0 unspecified atom stereocenters. The minimum Gasteiger partial charge on any atom is -0.451 e. The Balaban J connectivity index is 1.36. The maximum absolute atomic E-state index is 12.1. The first-order valence-corrected chi connectivity index (χ1v) is 9.24. The number of benzene rings is 1. The second kappa shape index (κ2) is 9.70. The predicted octanol–water partition coefficient (Wildman–Crippen LogP) is 1.78. The van der Waals surface area contributed by atoms with Crippen LogP contribution in [-0.2, 0) is 14.3 Å². The van der Waals surface area contributed by atoms with Crippen LogP contribution in [-0.4, -0.2) is 37.0 Å². The minimum absolute atomic E-state index is 0.0351. The van der Waals surface area contributed by atoms with Crippen LogP contribution in [0.4, 0.5) is 0 Å². The molecule has 2 aromatic rings. The quantitative estimate of drug-likeness (QED) is 0.630. The van der Waals surface area contributed by atoms with Crippen LogP contribution in [0.1, 0.15) is 36.2 Å². The van der Waals surface area contributed by atoms with Gasteiger partial charge in [0.2, 0.25) is 11.8 Å². The number of amides is 3. The molecule has 1 fully saturated rings. The van der Waals surface area contributed by atoms with E-state index >= 15 is 0 Å². The molecule has 8 nitrogen and oxygen atoms in total. The van der Waals surface area contributed by atoms with E-state index in [9.17, 15) is 14.4 Å². The molecule has 3 rings (SSSR count). The Bertz CT molecular complexity index is 812. The van der Waals surface area contributed by atoms with Crippen molar-refractivity contribution >= 4 is 17.7 Å². The molecule has 148 valence electrons. The standard InChI is InChI=1S/C20H23N3O5/c24-18(21-13-15-7-4-12-27-15)10-11-19(25)22-23-20(26)17-9-8-16(28-17)14-5-2-1-3-6-14/h1-3,5-6,8-9,15H,4,7,10-13H2,(H,21,24)(H,22,25)(H,23,26)/t15-/m1/s1. The fourth-order valence-corrected chi connectivity index (χ4v) is 2.82. The molecule has 3 N–H and O–H groups in total. The normalized spacial score (nSPS) is 15.8. The topological polar surface area (TPSA) is 110 Å². The molecule has 0 radical (unpaired) electrons. The number of carbonyl (C=O) groups is 3. The molecule has 1 saturated heterocycles. The zero-order valence-corrected chi connectivity index (χ0v) is 15.4. The van der Waals surface area contributed by atoms with Crippen molar-refractivity contribution in [2.24, 2.45) is 0 Å². The average molecular weight is 385 g/mol. The summed E-state index contributed by atoms with van der Waals surface area (Å²) in [6.45, 7) is 1.19. The molecule has 1 aliphatic heterocycles. The van der Waals surface area contributed by atoms with Crippen molar-refractivity contribution in [3.63, 3.8) is 0 Å². The lowest BCUT2D eigenvalue weighted by molar-refractivity contribution is -0.127. The number of carbonyl (C=O) groups excluding carboxylic acids is 3. The van der Waals surface area contributed by atoms with Crippen LogP contribution in [0.25, 0.3) is 11.3 Å². The van der Waals surface area contributed by atoms with Gasteiger partial charge in [-0.15, -0.1) is 0 Å². The first-order chi connectivity index (χ1) is 13.6. The van der Waals surface area contributed by atoms with Gasteiger partial charge in [0.1, 0.15) is 5.76 Å². The summed E-state index contributed by atoms with van der Waals surface area (Å²) in [6, 6.07) is 12.6. The number of ether oxygens (including phenoxy) is 1. The lowest BCUT2D eigenvalue weighted by atomic mass is 10.2. The van der Waals surface area contributed by atoms with Crippen molar-refractivity contribution in [1.82, 2.24) is 16.2 Å². The van der Waals surface area contributed by atoms with E-state index in [-0.39, 0.29) is 30.6 Å². The Morgan fingerprint density at radius 2 is 1.75 bits per heavy atom. The summed E-state index contributed by atoms with van der Waals surface area (Å²) < 4.78 is 10.9. The van der Waals surface area contributed by atoms with Crippen molar-refractivity contribution in [2.45, 2.75) is 31.8 Å². The molecule has 8 heteroatoms. The highest BCUT2D eigenvalue weighted by Gasteiger charge is 2.17. The maximum Gasteiger partial charge on any atom is 0.305 e. The molecule has 2 heterocycles. The summed E-state index contributed by atoms with van der Waals surface area (Å²) in [7, 11) is 0. The molecule has 0 saturated carbocycles. The largest absolute Gasteiger partial charge is 0.451 e. The number of hydrazine groups is 1. The Morgan fingerprint density at radius 3 is 2.50 bits per heavy atom. The van der Waals surface area contributed by atoms with Crippen molar-refractivity contribution in [3.05, 3.63) is 48.2 Å². The first-order valence-electron chi connectivity index (χ1n) is 9.24. The zero-order valence-electron chi connectivity index (χ0n) is 15.4. The van der Waals surface area contributed by atoms with Crippen LogP contribution in [0.5, 0.6) is 0 Å². The van der Waals surface area contributed by atoms with Gasteiger partial charge in [0.15, 0.2) is 5.76 Å². The molecule has 1 aromatic carbocycles. The van der Waals surface area contributed by atoms with Gasteiger partial charge in [-0.1, -0.05) is 30.3 Å². The number of hydrogen-bond donors (Lipinski definition) is 3. The Kier molecular flexibility index (Phi) is 6.80. The molecular formula is C20H23N3O5. The van der Waals surface area contributed by atoms with Gasteiger partial charge in [0.25, 0.3) is 0 Å². The molecule has 1 aromatic heterocycles. The molecule has 0 aliphatic carbocycles. The van der Waals surface area contributed by atoms with E-state index in [1.165, 1.54) is 6.07 Å². The lowest BCUT2D eigenvalue weighted by Gasteiger charge is -2.10. The van der Waals surface area contributed by atoms with Crippen molar-refractivity contribution in [2.75, 3.05) is 13.2 Å². The van der Waals surface area contributed by atoms with Crippen LogP contribution < -0.4 is 16.2 Å². The number of hydrogen-bond acceptors (Lipinski definition) is 5. The van der Waals surface area contributed by atoms with Gasteiger partial charge in [0.05, 0.1) is 6.10 Å². The SMILES string of the molecule is O=C(CCC(=O)NNC(=O)c1ccc(-c2ccccc2)o1)NC[C@H]1CCCO1. The van der Waals surface area contributed by atoms with Gasteiger partial charge in [0, 0.05) is 31.6 Å². The monoisotopic (exact) mass is 385 g/mol. The second-order valence-electron chi connectivity index (χ2n) is 6.47. The minimum atomic E-state index is -0.571. The van der Waals surface area contributed by atoms with Gasteiger partial charge < -0.3 is 14.5 Å². The summed E-state index contributed by atoms with van der Waals surface area (Å²) in [6.07, 6.45) is 2.00. The van der Waals surface area contributed by atoms with Crippen molar-refractivity contribution < 1.29 is 23.5 Å². The predicted molar refractivity (Wildman–Crippen MR) is 101 cm³/mol. The summed E-state index contributed by atoms with van der Waals surface area (Å²) in [5, 5.41) is 2.74. The number of nitrogens with one attached hydrogen (secondary N) is 3. The molecule has 28 heavy (non-hydrogen) atoms. The fraction of sp³-hybridized carbons (Fsp3) is 0.350. The Hall–Kier alpha value is -3.13. The third kappa shape index (κ3) is 5.68. The maximum atomic E-state index is 12.1. The van der Waals surface area contributed by atoms with Gasteiger partial charge in [-0.2, -0.15) is 0 Å². The van der Waals surface area contributed by atoms with E-state index in [0.717, 1.165) is 25.0 Å². The molecular weight excluding hydrogens is 362 g/mol. The van der Waals surface area contributed by atoms with E-state index in [2.05, 4.69) is 16.2 Å². The Labute approximate surface area is 162 Å². The Morgan fingerprint density at radius 1 is 0.964 bits per heavy atom. The van der Waals surface area contributed by atoms with Crippen LogP contribution in [0.2, 0.25) is 0 Å². The average Bonchev–Trinajstić information content (AvgIpc) is 3.41. The second-order valence-corrected chi connectivity index (χ2v) is 6.47. The van der Waals surface area contributed by atoms with E-state index < -0.39 is 11.8 Å². The van der Waals surface area contributed by atoms with Crippen LogP contribution in [0, 0.1) is 0 Å². The molecule has 3 amide bonds. The molecule has 1 atom stereocenters. The molecule has 0 bridgehead atoms. The number of rotatable bonds is 7. The smallest absolute Gasteiger partial charge is 0.305 e. The van der Waals surface area contributed by atoms with Crippen LogP contribution in [0.3, 0.4) is 0 Å². The highest BCUT2D eigenvalue weighted by Crippen LogP contribution is 2.21. The third-order valence-electron chi connectivity index (χ3n) is 4.33. The summed E-state index contributed by atoms with van der Waals surface area (Å²) in [5.41, 5.74) is 5.41. The summed E-state index contributed by atoms with van der Waals surface area (Å²) >= 11 is 0. The highest BCUT2D eigenvalue weighted by atomic mass is 16.5. The van der Waals surface area contributed by atoms with Gasteiger partial charge in [-0.3, -0.25) is 25.2 Å². The van der Waals surface area contributed by atoms with E-state index in [1.807, 2.05) is 30.3 Å². The summed E-state index contributed by atoms with van der Waals surface area (Å²) in [5.74, 6) is -0.627. The molecule has 0 spiro atoms. The highest BCUT2D eigenvalue weighted by molar-refractivity contribution is 5.93. The fourth-order valence-electron chi connectivity index (χ4n) is 2.82. The van der Waals surface area contributed by atoms with Crippen molar-refractivity contribution in [1.29, 1.82) is 0 Å². The van der Waals surface area contributed by atoms with Gasteiger partial charge in [-0.05, 0) is 25.0 Å². The van der Waals surface area contributed by atoms with E-state index in [4.69, 9.17) is 9.15 Å². The first kappa shape index (κ1) is 19.6. The van der Waals surface area contributed by atoms with Gasteiger partial charge in [-0.25, -0.2) is 0 Å². The number of furan rings is 1. The van der Waals surface area contributed by atoms with Crippen LogP contribution in [0.15, 0.2) is 46.9 Å². The van der Waals surface area contributed by atoms with E-state index in [0.29, 0.717) is 12.3 Å². The van der Waals surface area contributed by atoms with E-state index in [1.54, 1.807) is 6.07 Å². The van der Waals surface area contributed by atoms with Gasteiger partial charge >= 0.3 is 5.91 Å². The summed E-state index contributed by atoms with van der Waals surface area (Å²) in [4.78, 5) is 35.6. The molecule has 1 aliphatic rings. The lowest BCUT2D eigenvalue weighted by Crippen LogP contribution is -2.42. The van der Waals surface area contributed by atoms with Crippen LogP contribution >= 0.6 is 0 Å².